The van der Waals surface area contributed by atoms with Gasteiger partial charge in [0.25, 0.3) is 0 Å². The Morgan fingerprint density at radius 1 is 0.800 bits per heavy atom. The molecular formula is C24H29N5O. The number of amides is 1. The second-order valence-corrected chi connectivity index (χ2v) is 7.20. The van der Waals surface area contributed by atoms with Crippen molar-refractivity contribution >= 4 is 5.91 Å². The Morgan fingerprint density at radius 3 is 2.03 bits per heavy atom. The molecule has 0 fully saturated rings. The van der Waals surface area contributed by atoms with Crippen molar-refractivity contribution in [1.82, 2.24) is 25.7 Å². The minimum Gasteiger partial charge on any atom is -0.292 e. The summed E-state index contributed by atoms with van der Waals surface area (Å²) in [4.78, 5) is 23.3. The number of unbranched alkanes of at least 4 members (excludes halogenated alkanes) is 1. The van der Waals surface area contributed by atoms with Gasteiger partial charge in [-0.05, 0) is 49.2 Å². The van der Waals surface area contributed by atoms with Crippen LogP contribution >= 0.6 is 0 Å². The molecule has 0 aliphatic carbocycles. The molecular weight excluding hydrogens is 374 g/mol. The van der Waals surface area contributed by atoms with Gasteiger partial charge in [-0.1, -0.05) is 42.5 Å². The van der Waals surface area contributed by atoms with E-state index in [9.17, 15) is 4.79 Å². The van der Waals surface area contributed by atoms with Crippen LogP contribution in [0, 0.1) is 0 Å². The van der Waals surface area contributed by atoms with Crippen molar-refractivity contribution in [1.29, 1.82) is 0 Å². The summed E-state index contributed by atoms with van der Waals surface area (Å²) in [6.07, 6.45) is 5.91. The predicted octanol–water partition coefficient (Wildman–Crippen LogP) is 3.47. The van der Waals surface area contributed by atoms with Crippen LogP contribution in [0.3, 0.4) is 0 Å². The first kappa shape index (κ1) is 21.6. The van der Waals surface area contributed by atoms with Crippen molar-refractivity contribution in [3.8, 4) is 0 Å². The Labute approximate surface area is 178 Å². The van der Waals surface area contributed by atoms with Crippen molar-refractivity contribution < 1.29 is 4.79 Å². The zero-order chi connectivity index (χ0) is 20.9. The van der Waals surface area contributed by atoms with Gasteiger partial charge in [-0.2, -0.15) is 0 Å². The topological polar surface area (TPSA) is 70.2 Å². The number of nitrogens with one attached hydrogen (secondary N) is 2. The second-order valence-electron chi connectivity index (χ2n) is 7.20. The highest BCUT2D eigenvalue weighted by atomic mass is 16.2. The van der Waals surface area contributed by atoms with E-state index in [0.29, 0.717) is 13.0 Å². The third-order valence-corrected chi connectivity index (χ3v) is 4.71. The Morgan fingerprint density at radius 2 is 1.43 bits per heavy atom. The minimum absolute atomic E-state index is 0.0203. The molecule has 3 aromatic rings. The first-order chi connectivity index (χ1) is 14.8. The summed E-state index contributed by atoms with van der Waals surface area (Å²) < 4.78 is 0. The molecule has 1 amide bonds. The smallest absolute Gasteiger partial charge is 0.234 e. The van der Waals surface area contributed by atoms with Crippen molar-refractivity contribution in [3.05, 3.63) is 96.1 Å². The van der Waals surface area contributed by atoms with E-state index >= 15 is 0 Å². The van der Waals surface area contributed by atoms with Gasteiger partial charge in [0.05, 0.1) is 11.4 Å². The third kappa shape index (κ3) is 8.11. The zero-order valence-corrected chi connectivity index (χ0v) is 17.2. The van der Waals surface area contributed by atoms with Crippen LogP contribution < -0.4 is 10.9 Å². The number of hydrogen-bond acceptors (Lipinski definition) is 5. The van der Waals surface area contributed by atoms with Crippen LogP contribution in [0.15, 0.2) is 79.1 Å². The molecule has 0 saturated carbocycles. The fourth-order valence-corrected chi connectivity index (χ4v) is 3.18. The van der Waals surface area contributed by atoms with Crippen LogP contribution in [0.1, 0.15) is 36.2 Å². The number of carbonyl (C=O) groups is 1. The van der Waals surface area contributed by atoms with Gasteiger partial charge < -0.3 is 0 Å². The van der Waals surface area contributed by atoms with Gasteiger partial charge in [-0.25, -0.2) is 5.43 Å². The Balaban J connectivity index is 1.39. The first-order valence-electron chi connectivity index (χ1n) is 10.4. The number of hydrogen-bond donors (Lipinski definition) is 2. The lowest BCUT2D eigenvalue weighted by molar-refractivity contribution is -0.122. The summed E-state index contributed by atoms with van der Waals surface area (Å²) in [5.74, 6) is 0.0203. The maximum absolute atomic E-state index is 12.1. The molecule has 6 nitrogen and oxygen atoms in total. The molecule has 0 radical (unpaired) electrons. The molecule has 30 heavy (non-hydrogen) atoms. The number of pyridine rings is 2. The van der Waals surface area contributed by atoms with Gasteiger partial charge in [0.1, 0.15) is 0 Å². The van der Waals surface area contributed by atoms with Gasteiger partial charge in [-0.3, -0.25) is 25.1 Å². The number of carbonyl (C=O) groups excluding carboxylic acids is 1. The molecule has 0 spiro atoms. The molecule has 1 aromatic carbocycles. The van der Waals surface area contributed by atoms with E-state index in [1.54, 1.807) is 0 Å². The normalized spacial score (nSPS) is 10.8. The van der Waals surface area contributed by atoms with Crippen molar-refractivity contribution in [3.63, 3.8) is 0 Å². The number of benzene rings is 1. The molecule has 3 rings (SSSR count). The number of aromatic nitrogens is 2. The third-order valence-electron chi connectivity index (χ3n) is 4.71. The van der Waals surface area contributed by atoms with E-state index in [-0.39, 0.29) is 5.91 Å². The van der Waals surface area contributed by atoms with Crippen LogP contribution in [0.4, 0.5) is 0 Å². The fourth-order valence-electron chi connectivity index (χ4n) is 3.18. The van der Waals surface area contributed by atoms with Crippen LogP contribution in [0.2, 0.25) is 0 Å². The van der Waals surface area contributed by atoms with E-state index in [1.807, 2.05) is 79.1 Å². The van der Waals surface area contributed by atoms with Crippen molar-refractivity contribution in [2.45, 2.75) is 38.9 Å². The van der Waals surface area contributed by atoms with Crippen LogP contribution in [-0.2, 0) is 24.4 Å². The monoisotopic (exact) mass is 403 g/mol. The van der Waals surface area contributed by atoms with Crippen LogP contribution in [-0.4, -0.2) is 27.3 Å². The van der Waals surface area contributed by atoms with E-state index in [0.717, 1.165) is 49.4 Å². The summed E-state index contributed by atoms with van der Waals surface area (Å²) in [5, 5.41) is 0. The molecule has 0 unspecified atom stereocenters. The molecule has 2 N–H and O–H groups in total. The van der Waals surface area contributed by atoms with E-state index in [4.69, 9.17) is 0 Å². The molecule has 2 heterocycles. The Kier molecular flexibility index (Phi) is 8.98. The highest BCUT2D eigenvalue weighted by molar-refractivity contribution is 5.75. The lowest BCUT2D eigenvalue weighted by Crippen LogP contribution is -2.36. The van der Waals surface area contributed by atoms with Gasteiger partial charge >= 0.3 is 0 Å². The molecule has 0 atom stereocenters. The van der Waals surface area contributed by atoms with Crippen LogP contribution in [0.5, 0.6) is 0 Å². The lowest BCUT2D eigenvalue weighted by Gasteiger charge is -2.21. The predicted molar refractivity (Wildman–Crippen MR) is 118 cm³/mol. The average Bonchev–Trinajstić information content (AvgIpc) is 2.79. The second kappa shape index (κ2) is 12.5. The van der Waals surface area contributed by atoms with E-state index in [2.05, 4.69) is 25.7 Å². The molecule has 0 saturated heterocycles. The Bertz CT molecular complexity index is 817. The first-order valence-corrected chi connectivity index (χ1v) is 10.4. The fraction of sp³-hybridized carbons (Fsp3) is 0.292. The number of hydrazine groups is 1. The molecule has 6 heteroatoms. The highest BCUT2D eigenvalue weighted by Crippen LogP contribution is 2.09. The summed E-state index contributed by atoms with van der Waals surface area (Å²) >= 11 is 0. The molecule has 0 bridgehead atoms. The van der Waals surface area contributed by atoms with Crippen molar-refractivity contribution in [2.24, 2.45) is 0 Å². The summed E-state index contributed by atoms with van der Waals surface area (Å²) in [7, 11) is 0. The summed E-state index contributed by atoms with van der Waals surface area (Å²) in [6.45, 7) is 3.04. The van der Waals surface area contributed by atoms with Gasteiger partial charge in [0.2, 0.25) is 5.91 Å². The molecule has 0 aliphatic heterocycles. The maximum Gasteiger partial charge on any atom is 0.234 e. The largest absolute Gasteiger partial charge is 0.292 e. The maximum atomic E-state index is 12.1. The zero-order valence-electron chi connectivity index (χ0n) is 17.2. The lowest BCUT2D eigenvalue weighted by atomic mass is 10.2. The van der Waals surface area contributed by atoms with Gasteiger partial charge in [0, 0.05) is 38.4 Å². The standard InChI is InChI=1S/C24H29N5O/c30-24(28-27-18-21-10-2-1-3-11-21)14-6-9-17-29(19-22-12-4-7-15-25-22)20-23-13-5-8-16-26-23/h1-5,7-8,10-13,15-16,27H,6,9,14,17-20H2,(H,28,30). The van der Waals surface area contributed by atoms with Gasteiger partial charge in [-0.15, -0.1) is 0 Å². The number of nitrogens with zero attached hydrogens (tertiary/aromatic N) is 3. The average molecular weight is 404 g/mol. The van der Waals surface area contributed by atoms with Crippen molar-refractivity contribution in [2.75, 3.05) is 6.54 Å². The minimum atomic E-state index is 0.0203. The molecule has 0 aliphatic rings. The Hall–Kier alpha value is -3.09. The van der Waals surface area contributed by atoms with E-state index < -0.39 is 0 Å². The highest BCUT2D eigenvalue weighted by Gasteiger charge is 2.09. The number of rotatable bonds is 12. The van der Waals surface area contributed by atoms with Crippen LogP contribution in [0.25, 0.3) is 0 Å². The quantitative estimate of drug-likeness (QED) is 0.358. The summed E-state index contributed by atoms with van der Waals surface area (Å²) in [5.41, 5.74) is 8.98. The SMILES string of the molecule is O=C(CCCCN(Cc1ccccn1)Cc1ccccn1)NNCc1ccccc1. The van der Waals surface area contributed by atoms with Gasteiger partial charge in [0.15, 0.2) is 0 Å². The molecule has 156 valence electrons. The molecule has 2 aromatic heterocycles. The van der Waals surface area contributed by atoms with E-state index in [1.165, 1.54) is 0 Å². The summed E-state index contributed by atoms with van der Waals surface area (Å²) in [6, 6.07) is 22.0.